The lowest BCUT2D eigenvalue weighted by molar-refractivity contribution is -0.121. The van der Waals surface area contributed by atoms with Gasteiger partial charge in [0.1, 0.15) is 0 Å². The minimum Gasteiger partial charge on any atom is -0.298 e. The van der Waals surface area contributed by atoms with E-state index >= 15 is 0 Å². The first-order valence-corrected chi connectivity index (χ1v) is 10.1. The van der Waals surface area contributed by atoms with E-state index < -0.39 is 0 Å². The predicted molar refractivity (Wildman–Crippen MR) is 113 cm³/mol. The monoisotopic (exact) mass is 425 g/mol. The fraction of sp³-hybridized carbons (Fsp3) is 0.143. The summed E-state index contributed by atoms with van der Waals surface area (Å²) in [5, 5.41) is 3.94. The van der Waals surface area contributed by atoms with Gasteiger partial charge in [0, 0.05) is 33.9 Å². The Kier molecular flexibility index (Phi) is 5.17. The molecule has 1 saturated heterocycles. The summed E-state index contributed by atoms with van der Waals surface area (Å²) in [5.74, 6) is -0.757. The number of aromatic nitrogens is 1. The molecule has 2 aromatic carbocycles. The molecule has 8 heteroatoms. The molecule has 0 unspecified atom stereocenters. The lowest BCUT2D eigenvalue weighted by Gasteiger charge is -2.13. The molecule has 146 valence electrons. The average molecular weight is 426 g/mol. The topological polar surface area (TPSA) is 79.4 Å². The van der Waals surface area contributed by atoms with Gasteiger partial charge in [-0.05, 0) is 43.3 Å². The molecular weight excluding hydrogens is 410 g/mol. The number of halogens is 1. The number of nitrogens with zero attached hydrogens (tertiary/aromatic N) is 2. The van der Waals surface area contributed by atoms with Crippen molar-refractivity contribution in [2.75, 3.05) is 10.2 Å². The van der Waals surface area contributed by atoms with Crippen molar-refractivity contribution in [3.8, 4) is 11.3 Å². The minimum atomic E-state index is -0.313. The van der Waals surface area contributed by atoms with Crippen LogP contribution in [0.1, 0.15) is 28.1 Å². The van der Waals surface area contributed by atoms with Crippen molar-refractivity contribution in [2.24, 2.45) is 0 Å². The molecule has 1 aliphatic rings. The van der Waals surface area contributed by atoms with E-state index in [1.165, 1.54) is 11.3 Å². The van der Waals surface area contributed by atoms with Crippen LogP contribution >= 0.6 is 22.9 Å². The molecule has 0 radical (unpaired) electrons. The second-order valence-corrected chi connectivity index (χ2v) is 8.19. The number of anilines is 2. The molecule has 1 fully saturated rings. The van der Waals surface area contributed by atoms with Crippen LogP contribution < -0.4 is 10.2 Å². The van der Waals surface area contributed by atoms with Gasteiger partial charge in [-0.15, -0.1) is 11.3 Å². The summed E-state index contributed by atoms with van der Waals surface area (Å²) in [7, 11) is 0. The van der Waals surface area contributed by atoms with E-state index in [-0.39, 0.29) is 30.6 Å². The number of nitrogens with one attached hydrogen (secondary N) is 1. The van der Waals surface area contributed by atoms with Gasteiger partial charge in [-0.25, -0.2) is 4.98 Å². The molecule has 1 N–H and O–H groups in total. The number of amides is 3. The SMILES string of the molecule is Cc1sc(NC(=O)c2ccc(N3C(=O)CCC3=O)cc2)nc1-c1ccc(Cl)cc1. The Balaban J connectivity index is 1.50. The molecule has 29 heavy (non-hydrogen) atoms. The lowest BCUT2D eigenvalue weighted by Crippen LogP contribution is -2.28. The molecule has 0 aliphatic carbocycles. The molecule has 1 aromatic heterocycles. The maximum absolute atomic E-state index is 12.6. The molecule has 3 aromatic rings. The van der Waals surface area contributed by atoms with Crippen LogP contribution in [0, 0.1) is 6.92 Å². The van der Waals surface area contributed by atoms with Gasteiger partial charge in [0.05, 0.1) is 11.4 Å². The Hall–Kier alpha value is -3.03. The molecule has 0 saturated carbocycles. The number of benzene rings is 2. The minimum absolute atomic E-state index is 0.222. The van der Waals surface area contributed by atoms with E-state index in [0.717, 1.165) is 21.0 Å². The summed E-state index contributed by atoms with van der Waals surface area (Å²) in [6, 6.07) is 13.7. The Morgan fingerprint density at radius 3 is 2.28 bits per heavy atom. The maximum atomic E-state index is 12.6. The van der Waals surface area contributed by atoms with E-state index in [2.05, 4.69) is 10.3 Å². The third-order valence-electron chi connectivity index (χ3n) is 4.57. The molecule has 0 spiro atoms. The molecule has 1 aliphatic heterocycles. The van der Waals surface area contributed by atoms with Gasteiger partial charge < -0.3 is 0 Å². The lowest BCUT2D eigenvalue weighted by atomic mass is 10.1. The van der Waals surface area contributed by atoms with Crippen molar-refractivity contribution in [2.45, 2.75) is 19.8 Å². The zero-order valence-electron chi connectivity index (χ0n) is 15.4. The van der Waals surface area contributed by atoms with E-state index in [0.29, 0.717) is 21.4 Å². The maximum Gasteiger partial charge on any atom is 0.257 e. The van der Waals surface area contributed by atoms with Crippen LogP contribution in [0.5, 0.6) is 0 Å². The predicted octanol–water partition coefficient (Wildman–Crippen LogP) is 4.68. The van der Waals surface area contributed by atoms with Crippen LogP contribution in [0.2, 0.25) is 5.02 Å². The number of aryl methyl sites for hydroxylation is 1. The van der Waals surface area contributed by atoms with Crippen LogP contribution in [0.15, 0.2) is 48.5 Å². The van der Waals surface area contributed by atoms with Crippen LogP contribution in [0.4, 0.5) is 10.8 Å². The zero-order valence-corrected chi connectivity index (χ0v) is 17.0. The third-order valence-corrected chi connectivity index (χ3v) is 5.71. The number of rotatable bonds is 4. The molecule has 0 bridgehead atoms. The Morgan fingerprint density at radius 2 is 1.66 bits per heavy atom. The van der Waals surface area contributed by atoms with Crippen LogP contribution in [0.25, 0.3) is 11.3 Å². The molecule has 6 nitrogen and oxygen atoms in total. The first-order valence-electron chi connectivity index (χ1n) is 8.93. The van der Waals surface area contributed by atoms with Gasteiger partial charge in [0.15, 0.2) is 5.13 Å². The first-order chi connectivity index (χ1) is 13.9. The van der Waals surface area contributed by atoms with Crippen molar-refractivity contribution in [1.29, 1.82) is 0 Å². The van der Waals surface area contributed by atoms with Crippen LogP contribution in [-0.4, -0.2) is 22.7 Å². The van der Waals surface area contributed by atoms with Gasteiger partial charge in [0.2, 0.25) is 11.8 Å². The van der Waals surface area contributed by atoms with E-state index in [1.807, 2.05) is 19.1 Å². The molecular formula is C21H16ClN3O3S. The summed E-state index contributed by atoms with van der Waals surface area (Å²) in [4.78, 5) is 42.9. The fourth-order valence-corrected chi connectivity index (χ4v) is 4.08. The second-order valence-electron chi connectivity index (χ2n) is 6.55. The Morgan fingerprint density at radius 1 is 1.03 bits per heavy atom. The number of hydrogen-bond acceptors (Lipinski definition) is 5. The van der Waals surface area contributed by atoms with Crippen LogP contribution in [-0.2, 0) is 9.59 Å². The number of thiazole rings is 1. The van der Waals surface area contributed by atoms with Gasteiger partial charge in [-0.3, -0.25) is 24.6 Å². The number of carbonyl (C=O) groups is 3. The largest absolute Gasteiger partial charge is 0.298 e. The summed E-state index contributed by atoms with van der Waals surface area (Å²) in [6.45, 7) is 1.94. The van der Waals surface area contributed by atoms with Crippen molar-refractivity contribution in [1.82, 2.24) is 4.98 Å². The van der Waals surface area contributed by atoms with Gasteiger partial charge >= 0.3 is 0 Å². The van der Waals surface area contributed by atoms with Crippen LogP contribution in [0.3, 0.4) is 0 Å². The third kappa shape index (κ3) is 3.92. The second kappa shape index (κ2) is 7.77. The highest BCUT2D eigenvalue weighted by atomic mass is 35.5. The van der Waals surface area contributed by atoms with E-state index in [4.69, 9.17) is 11.6 Å². The Bertz CT molecular complexity index is 1090. The zero-order chi connectivity index (χ0) is 20.5. The van der Waals surface area contributed by atoms with Crippen molar-refractivity contribution in [3.63, 3.8) is 0 Å². The summed E-state index contributed by atoms with van der Waals surface area (Å²) < 4.78 is 0. The van der Waals surface area contributed by atoms with E-state index in [1.54, 1.807) is 36.4 Å². The van der Waals surface area contributed by atoms with Gasteiger partial charge in [-0.1, -0.05) is 23.7 Å². The molecule has 3 amide bonds. The first kappa shape index (κ1) is 19.3. The number of hydrogen-bond donors (Lipinski definition) is 1. The molecule has 0 atom stereocenters. The highest BCUT2D eigenvalue weighted by Crippen LogP contribution is 2.31. The van der Waals surface area contributed by atoms with E-state index in [9.17, 15) is 14.4 Å². The summed E-state index contributed by atoms with van der Waals surface area (Å²) >= 11 is 7.32. The highest BCUT2D eigenvalue weighted by molar-refractivity contribution is 7.16. The molecule has 4 rings (SSSR count). The van der Waals surface area contributed by atoms with Crippen molar-refractivity contribution < 1.29 is 14.4 Å². The average Bonchev–Trinajstić information content (AvgIpc) is 3.24. The van der Waals surface area contributed by atoms with Crippen molar-refractivity contribution in [3.05, 3.63) is 64.0 Å². The summed E-state index contributed by atoms with van der Waals surface area (Å²) in [5.41, 5.74) is 2.61. The smallest absolute Gasteiger partial charge is 0.257 e. The summed E-state index contributed by atoms with van der Waals surface area (Å²) in [6.07, 6.45) is 0.445. The van der Waals surface area contributed by atoms with Gasteiger partial charge in [0.25, 0.3) is 5.91 Å². The Labute approximate surface area is 176 Å². The number of imide groups is 1. The molecule has 2 heterocycles. The van der Waals surface area contributed by atoms with Gasteiger partial charge in [-0.2, -0.15) is 0 Å². The standard InChI is InChI=1S/C21H16ClN3O3S/c1-12-19(13-2-6-15(22)7-3-13)23-21(29-12)24-20(28)14-4-8-16(9-5-14)25-17(26)10-11-18(25)27/h2-9H,10-11H2,1H3,(H,23,24,28). The number of carbonyl (C=O) groups excluding carboxylic acids is 3. The highest BCUT2D eigenvalue weighted by Gasteiger charge is 2.30. The quantitative estimate of drug-likeness (QED) is 0.615. The fourth-order valence-electron chi connectivity index (χ4n) is 3.12. The van der Waals surface area contributed by atoms with Crippen molar-refractivity contribution >= 4 is 51.5 Å². The normalized spacial score (nSPS) is 13.8.